The van der Waals surface area contributed by atoms with Crippen molar-refractivity contribution in [1.82, 2.24) is 5.48 Å². The van der Waals surface area contributed by atoms with E-state index in [9.17, 15) is 9.90 Å². The molecule has 0 aromatic carbocycles. The average molecular weight is 301 g/mol. The van der Waals surface area contributed by atoms with Gasteiger partial charge < -0.3 is 10.2 Å². The van der Waals surface area contributed by atoms with E-state index in [1.54, 1.807) is 0 Å². The number of aliphatic hydroxyl groups is 1. The van der Waals surface area contributed by atoms with Gasteiger partial charge in [0.05, 0.1) is 17.7 Å². The van der Waals surface area contributed by atoms with Crippen LogP contribution in [-0.2, 0) is 9.63 Å². The van der Waals surface area contributed by atoms with Gasteiger partial charge in [-0.3, -0.25) is 9.63 Å². The van der Waals surface area contributed by atoms with Crippen molar-refractivity contribution in [2.45, 2.75) is 89.9 Å². The van der Waals surface area contributed by atoms with E-state index in [2.05, 4.69) is 5.48 Å². The Hall–Kier alpha value is -0.650. The number of carboxylic acids is 1. The maximum absolute atomic E-state index is 10.7. The van der Waals surface area contributed by atoms with Crippen LogP contribution >= 0.6 is 0 Å². The van der Waals surface area contributed by atoms with Gasteiger partial charge in [-0.05, 0) is 39.5 Å². The molecule has 1 aliphatic rings. The second kappa shape index (κ2) is 8.71. The van der Waals surface area contributed by atoms with E-state index in [0.717, 1.165) is 6.42 Å². The summed E-state index contributed by atoms with van der Waals surface area (Å²) in [5, 5.41) is 19.0. The number of carbonyl (C=O) groups is 1. The molecule has 1 unspecified atom stereocenters. The molecule has 21 heavy (non-hydrogen) atoms. The van der Waals surface area contributed by atoms with E-state index in [-0.39, 0.29) is 24.5 Å². The molecule has 0 amide bonds. The minimum atomic E-state index is -0.873. The lowest BCUT2D eigenvalue weighted by Gasteiger charge is -2.32. The van der Waals surface area contributed by atoms with Crippen LogP contribution in [0.25, 0.3) is 0 Å². The highest BCUT2D eigenvalue weighted by Crippen LogP contribution is 2.28. The molecule has 0 bridgehead atoms. The fourth-order valence-electron chi connectivity index (χ4n) is 2.79. The summed E-state index contributed by atoms with van der Waals surface area (Å²) < 4.78 is 0. The molecule has 3 N–H and O–H groups in total. The van der Waals surface area contributed by atoms with Gasteiger partial charge in [0.15, 0.2) is 0 Å². The maximum atomic E-state index is 10.7. The van der Waals surface area contributed by atoms with Crippen LogP contribution in [0.4, 0.5) is 0 Å². The topological polar surface area (TPSA) is 78.8 Å². The molecule has 1 saturated carbocycles. The Balaban J connectivity index is 2.52. The van der Waals surface area contributed by atoms with Gasteiger partial charge in [0.25, 0.3) is 0 Å². The second-order valence-electron chi connectivity index (χ2n) is 7.18. The van der Waals surface area contributed by atoms with Crippen LogP contribution in [0.5, 0.6) is 0 Å². The molecule has 5 nitrogen and oxygen atoms in total. The first-order chi connectivity index (χ1) is 9.78. The van der Waals surface area contributed by atoms with E-state index in [0.29, 0.717) is 5.92 Å². The highest BCUT2D eigenvalue weighted by Gasteiger charge is 2.26. The van der Waals surface area contributed by atoms with Crippen LogP contribution in [-0.4, -0.2) is 33.9 Å². The van der Waals surface area contributed by atoms with Crippen molar-refractivity contribution in [1.29, 1.82) is 0 Å². The Bertz CT molecular complexity index is 308. The Morgan fingerprint density at radius 2 is 1.90 bits per heavy atom. The summed E-state index contributed by atoms with van der Waals surface area (Å²) in [5.74, 6) is -0.276. The molecular formula is C16H31NO4. The van der Waals surface area contributed by atoms with Crippen molar-refractivity contribution < 1.29 is 19.8 Å². The molecule has 0 aromatic rings. The molecule has 0 saturated heterocycles. The maximum Gasteiger partial charge on any atom is 0.303 e. The SMILES string of the molecule is CC(C)(C)ONC(CC1CCCCC1)[C@@H](O)CCC(=O)O. The zero-order chi connectivity index (χ0) is 15.9. The minimum Gasteiger partial charge on any atom is -0.481 e. The minimum absolute atomic E-state index is 0.0144. The Morgan fingerprint density at radius 1 is 1.29 bits per heavy atom. The number of hydroxylamine groups is 1. The van der Waals surface area contributed by atoms with Gasteiger partial charge in [-0.15, -0.1) is 0 Å². The lowest BCUT2D eigenvalue weighted by molar-refractivity contribution is -0.138. The number of rotatable bonds is 8. The smallest absolute Gasteiger partial charge is 0.303 e. The van der Waals surface area contributed by atoms with E-state index in [4.69, 9.17) is 9.94 Å². The van der Waals surface area contributed by atoms with Crippen molar-refractivity contribution in [3.63, 3.8) is 0 Å². The van der Waals surface area contributed by atoms with Gasteiger partial charge in [-0.2, -0.15) is 5.48 Å². The van der Waals surface area contributed by atoms with Crippen molar-refractivity contribution in [2.75, 3.05) is 0 Å². The molecular weight excluding hydrogens is 270 g/mol. The third-order valence-electron chi connectivity index (χ3n) is 3.95. The molecule has 1 rings (SSSR count). The molecule has 0 radical (unpaired) electrons. The van der Waals surface area contributed by atoms with Gasteiger partial charge in [-0.25, -0.2) is 0 Å². The molecule has 1 aliphatic carbocycles. The fourth-order valence-corrected chi connectivity index (χ4v) is 2.79. The van der Waals surface area contributed by atoms with E-state index < -0.39 is 12.1 Å². The van der Waals surface area contributed by atoms with Crippen molar-refractivity contribution >= 4 is 5.97 Å². The number of carboxylic acid groups (broad SMARTS) is 1. The van der Waals surface area contributed by atoms with Crippen LogP contribution in [0.15, 0.2) is 0 Å². The number of nitrogens with one attached hydrogen (secondary N) is 1. The first-order valence-corrected chi connectivity index (χ1v) is 8.11. The quantitative estimate of drug-likeness (QED) is 0.601. The van der Waals surface area contributed by atoms with Crippen LogP contribution in [0, 0.1) is 5.92 Å². The van der Waals surface area contributed by atoms with Gasteiger partial charge in [0, 0.05) is 6.42 Å². The third-order valence-corrected chi connectivity index (χ3v) is 3.95. The molecule has 0 aromatic heterocycles. The van der Waals surface area contributed by atoms with Crippen molar-refractivity contribution in [3.05, 3.63) is 0 Å². The first-order valence-electron chi connectivity index (χ1n) is 8.11. The van der Waals surface area contributed by atoms with Crippen molar-refractivity contribution in [3.8, 4) is 0 Å². The van der Waals surface area contributed by atoms with Crippen LogP contribution in [0.1, 0.15) is 72.1 Å². The zero-order valence-corrected chi connectivity index (χ0v) is 13.6. The normalized spacial score (nSPS) is 20.2. The van der Waals surface area contributed by atoms with E-state index in [1.165, 1.54) is 32.1 Å². The third kappa shape index (κ3) is 8.39. The van der Waals surface area contributed by atoms with Crippen molar-refractivity contribution in [2.24, 2.45) is 5.92 Å². The zero-order valence-electron chi connectivity index (χ0n) is 13.6. The first kappa shape index (κ1) is 18.4. The van der Waals surface area contributed by atoms with Crippen LogP contribution in [0.2, 0.25) is 0 Å². The molecule has 1 fully saturated rings. The lowest BCUT2D eigenvalue weighted by atomic mass is 9.83. The van der Waals surface area contributed by atoms with Crippen LogP contribution in [0.3, 0.4) is 0 Å². The summed E-state index contributed by atoms with van der Waals surface area (Å²) >= 11 is 0. The summed E-state index contributed by atoms with van der Waals surface area (Å²) in [6.45, 7) is 5.84. The van der Waals surface area contributed by atoms with Gasteiger partial charge in [-0.1, -0.05) is 32.1 Å². The molecule has 0 spiro atoms. The molecule has 2 atom stereocenters. The average Bonchev–Trinajstić information content (AvgIpc) is 2.41. The second-order valence-corrected chi connectivity index (χ2v) is 7.18. The predicted molar refractivity (Wildman–Crippen MR) is 81.8 cm³/mol. The number of aliphatic carboxylic acids is 1. The van der Waals surface area contributed by atoms with Crippen LogP contribution < -0.4 is 5.48 Å². The summed E-state index contributed by atoms with van der Waals surface area (Å²) in [5.41, 5.74) is 2.65. The predicted octanol–water partition coefficient (Wildman–Crippen LogP) is 2.87. The molecule has 124 valence electrons. The summed E-state index contributed by atoms with van der Waals surface area (Å²) in [6.07, 6.45) is 6.59. The van der Waals surface area contributed by atoms with Gasteiger partial charge >= 0.3 is 5.97 Å². The largest absolute Gasteiger partial charge is 0.481 e. The van der Waals surface area contributed by atoms with Gasteiger partial charge in [0.2, 0.25) is 0 Å². The van der Waals surface area contributed by atoms with E-state index in [1.807, 2.05) is 20.8 Å². The molecule has 0 aliphatic heterocycles. The molecule has 0 heterocycles. The summed E-state index contributed by atoms with van der Waals surface area (Å²) in [6, 6.07) is -0.202. The fraction of sp³-hybridized carbons (Fsp3) is 0.938. The summed E-state index contributed by atoms with van der Waals surface area (Å²) in [7, 11) is 0. The Morgan fingerprint density at radius 3 is 2.43 bits per heavy atom. The highest BCUT2D eigenvalue weighted by molar-refractivity contribution is 5.66. The number of hydrogen-bond donors (Lipinski definition) is 3. The number of hydrogen-bond acceptors (Lipinski definition) is 4. The standard InChI is InChI=1S/C16H31NO4/c1-16(2,3)21-17-13(14(18)9-10-15(19)20)11-12-7-5-4-6-8-12/h12-14,17-18H,4-11H2,1-3H3,(H,19,20)/t13?,14-/m0/s1. The highest BCUT2D eigenvalue weighted by atomic mass is 16.7. The van der Waals surface area contributed by atoms with E-state index >= 15 is 0 Å². The molecule has 5 heteroatoms. The Labute approximate surface area is 128 Å². The lowest BCUT2D eigenvalue weighted by Crippen LogP contribution is -2.45. The monoisotopic (exact) mass is 301 g/mol. The van der Waals surface area contributed by atoms with Gasteiger partial charge in [0.1, 0.15) is 0 Å². The Kier molecular flexibility index (Phi) is 7.63. The summed E-state index contributed by atoms with van der Waals surface area (Å²) in [4.78, 5) is 16.3. The number of aliphatic hydroxyl groups excluding tert-OH is 1.